The zero-order valence-electron chi connectivity index (χ0n) is 15.1. The Kier molecular flexibility index (Phi) is 4.50. The summed E-state index contributed by atoms with van der Waals surface area (Å²) in [5.74, 6) is -0.407. The van der Waals surface area contributed by atoms with Crippen LogP contribution >= 0.6 is 0 Å². The molecule has 0 saturated heterocycles. The van der Waals surface area contributed by atoms with Gasteiger partial charge in [-0.3, -0.25) is 13.9 Å². The molecule has 0 spiro atoms. The quantitative estimate of drug-likeness (QED) is 0.648. The van der Waals surface area contributed by atoms with Crippen LogP contribution in [0.1, 0.15) is 21.5 Å². The number of nitrogens with zero attached hydrogens (tertiary/aromatic N) is 4. The maximum absolute atomic E-state index is 12.4. The van der Waals surface area contributed by atoms with Crippen LogP contribution in [0.15, 0.2) is 34.1 Å². The number of imidazole rings is 1. The smallest absolute Gasteiger partial charge is 0.338 e. The standard InChI is InChI=1S/C18H20N4O4/c1-11-6-5-7-13(12(11)2)17(24)26-9-8-22-10-19-15-14(22)16(23)21(4)18(25)20(15)3/h5-7,10H,8-9H2,1-4H3. The number of esters is 1. The Morgan fingerprint density at radius 1 is 1.15 bits per heavy atom. The van der Waals surface area contributed by atoms with Gasteiger partial charge >= 0.3 is 11.7 Å². The van der Waals surface area contributed by atoms with Gasteiger partial charge in [0.25, 0.3) is 5.56 Å². The van der Waals surface area contributed by atoms with Crippen LogP contribution in [0.3, 0.4) is 0 Å². The van der Waals surface area contributed by atoms with E-state index in [1.807, 2.05) is 26.0 Å². The lowest BCUT2D eigenvalue weighted by molar-refractivity contribution is 0.0491. The maximum Gasteiger partial charge on any atom is 0.338 e. The summed E-state index contributed by atoms with van der Waals surface area (Å²) >= 11 is 0. The molecule has 8 heteroatoms. The van der Waals surface area contributed by atoms with Gasteiger partial charge in [-0.2, -0.15) is 0 Å². The first-order chi connectivity index (χ1) is 12.3. The largest absolute Gasteiger partial charge is 0.460 e. The Balaban J connectivity index is 1.81. The summed E-state index contributed by atoms with van der Waals surface area (Å²) in [6.07, 6.45) is 1.47. The zero-order valence-corrected chi connectivity index (χ0v) is 15.1. The lowest BCUT2D eigenvalue weighted by Crippen LogP contribution is -2.37. The second-order valence-electron chi connectivity index (χ2n) is 6.20. The number of carbonyl (C=O) groups excluding carboxylic acids is 1. The summed E-state index contributed by atoms with van der Waals surface area (Å²) in [6, 6.07) is 5.47. The van der Waals surface area contributed by atoms with Gasteiger partial charge in [0.2, 0.25) is 0 Å². The average Bonchev–Trinajstić information content (AvgIpc) is 3.04. The van der Waals surface area contributed by atoms with Crippen molar-refractivity contribution in [2.75, 3.05) is 6.61 Å². The van der Waals surface area contributed by atoms with Gasteiger partial charge in [0.1, 0.15) is 6.61 Å². The van der Waals surface area contributed by atoms with Gasteiger partial charge in [-0.15, -0.1) is 0 Å². The molecular weight excluding hydrogens is 336 g/mol. The molecule has 2 aromatic heterocycles. The summed E-state index contributed by atoms with van der Waals surface area (Å²) in [4.78, 5) is 40.7. The molecule has 0 unspecified atom stereocenters. The molecule has 0 aliphatic heterocycles. The van der Waals surface area contributed by atoms with Crippen molar-refractivity contribution < 1.29 is 9.53 Å². The normalized spacial score (nSPS) is 11.1. The first-order valence-corrected chi connectivity index (χ1v) is 8.17. The van der Waals surface area contributed by atoms with Gasteiger partial charge in [-0.25, -0.2) is 14.6 Å². The van der Waals surface area contributed by atoms with E-state index in [0.717, 1.165) is 15.7 Å². The van der Waals surface area contributed by atoms with Crippen LogP contribution in [0, 0.1) is 13.8 Å². The summed E-state index contributed by atoms with van der Waals surface area (Å²) in [5, 5.41) is 0. The van der Waals surface area contributed by atoms with Crippen molar-refractivity contribution in [3.8, 4) is 0 Å². The molecule has 0 bridgehead atoms. The van der Waals surface area contributed by atoms with Crippen LogP contribution in [0.4, 0.5) is 0 Å². The molecule has 2 heterocycles. The number of rotatable bonds is 4. The van der Waals surface area contributed by atoms with E-state index >= 15 is 0 Å². The Morgan fingerprint density at radius 2 is 1.88 bits per heavy atom. The molecule has 0 radical (unpaired) electrons. The SMILES string of the molecule is Cc1cccc(C(=O)OCCn2cnc3c2c(=O)n(C)c(=O)n3C)c1C. The van der Waals surface area contributed by atoms with E-state index in [2.05, 4.69) is 4.98 Å². The fourth-order valence-electron chi connectivity index (χ4n) is 2.85. The zero-order chi connectivity index (χ0) is 19.0. The Hall–Kier alpha value is -3.16. The summed E-state index contributed by atoms with van der Waals surface area (Å²) in [7, 11) is 2.98. The highest BCUT2D eigenvalue weighted by Crippen LogP contribution is 2.14. The Morgan fingerprint density at radius 3 is 2.62 bits per heavy atom. The lowest BCUT2D eigenvalue weighted by atomic mass is 10.0. The number of benzene rings is 1. The van der Waals surface area contributed by atoms with Gasteiger partial charge < -0.3 is 9.30 Å². The van der Waals surface area contributed by atoms with E-state index in [9.17, 15) is 14.4 Å². The fourth-order valence-corrected chi connectivity index (χ4v) is 2.85. The lowest BCUT2D eigenvalue weighted by Gasteiger charge is -2.10. The van der Waals surface area contributed by atoms with Crippen molar-refractivity contribution in [3.63, 3.8) is 0 Å². The second-order valence-corrected chi connectivity index (χ2v) is 6.20. The number of ether oxygens (including phenoxy) is 1. The van der Waals surface area contributed by atoms with E-state index < -0.39 is 17.2 Å². The van der Waals surface area contributed by atoms with Crippen LogP contribution in [-0.4, -0.2) is 31.3 Å². The van der Waals surface area contributed by atoms with Crippen LogP contribution in [0.5, 0.6) is 0 Å². The molecule has 0 amide bonds. The van der Waals surface area contributed by atoms with E-state index in [1.54, 1.807) is 17.7 Å². The number of aryl methyl sites for hydroxylation is 2. The third-order valence-corrected chi connectivity index (χ3v) is 4.61. The van der Waals surface area contributed by atoms with Crippen LogP contribution in [-0.2, 0) is 25.4 Å². The molecule has 0 aliphatic carbocycles. The molecule has 0 saturated carbocycles. The number of hydrogen-bond acceptors (Lipinski definition) is 5. The molecule has 0 fully saturated rings. The van der Waals surface area contributed by atoms with Crippen molar-refractivity contribution in [2.45, 2.75) is 20.4 Å². The minimum absolute atomic E-state index is 0.0870. The number of aromatic nitrogens is 4. The van der Waals surface area contributed by atoms with E-state index in [0.29, 0.717) is 16.7 Å². The monoisotopic (exact) mass is 356 g/mol. The molecule has 8 nitrogen and oxygen atoms in total. The topological polar surface area (TPSA) is 88.1 Å². The van der Waals surface area contributed by atoms with Gasteiger partial charge in [-0.05, 0) is 31.0 Å². The second kappa shape index (κ2) is 6.62. The number of carbonyl (C=O) groups is 1. The fraction of sp³-hybridized carbons (Fsp3) is 0.333. The van der Waals surface area contributed by atoms with Crippen molar-refractivity contribution >= 4 is 17.1 Å². The Labute approximate surface area is 149 Å². The summed E-state index contributed by atoms with van der Waals surface area (Å²) in [6.45, 7) is 4.16. The van der Waals surface area contributed by atoms with Crippen LogP contribution in [0.25, 0.3) is 11.2 Å². The number of hydrogen-bond donors (Lipinski definition) is 0. The highest BCUT2D eigenvalue weighted by atomic mass is 16.5. The van der Waals surface area contributed by atoms with Crippen LogP contribution in [0.2, 0.25) is 0 Å². The minimum Gasteiger partial charge on any atom is -0.460 e. The molecule has 136 valence electrons. The number of fused-ring (bicyclic) bond motifs is 1. The van der Waals surface area contributed by atoms with Gasteiger partial charge in [0.15, 0.2) is 11.2 Å². The van der Waals surface area contributed by atoms with E-state index in [-0.39, 0.29) is 13.2 Å². The van der Waals surface area contributed by atoms with Gasteiger partial charge in [0, 0.05) is 14.1 Å². The molecule has 1 aromatic carbocycles. The molecule has 0 aliphatic rings. The highest BCUT2D eigenvalue weighted by molar-refractivity contribution is 5.91. The van der Waals surface area contributed by atoms with Crippen molar-refractivity contribution in [1.82, 2.24) is 18.7 Å². The first-order valence-electron chi connectivity index (χ1n) is 8.17. The van der Waals surface area contributed by atoms with Gasteiger partial charge in [0.05, 0.1) is 18.4 Å². The molecule has 0 atom stereocenters. The van der Waals surface area contributed by atoms with E-state index in [1.165, 1.54) is 17.9 Å². The first kappa shape index (κ1) is 17.7. The van der Waals surface area contributed by atoms with E-state index in [4.69, 9.17) is 4.74 Å². The summed E-state index contributed by atoms with van der Waals surface area (Å²) < 4.78 is 9.28. The summed E-state index contributed by atoms with van der Waals surface area (Å²) in [5.41, 5.74) is 2.17. The highest BCUT2D eigenvalue weighted by Gasteiger charge is 2.15. The van der Waals surface area contributed by atoms with Gasteiger partial charge in [-0.1, -0.05) is 12.1 Å². The minimum atomic E-state index is -0.436. The van der Waals surface area contributed by atoms with Crippen molar-refractivity contribution in [2.24, 2.45) is 14.1 Å². The Bertz CT molecular complexity index is 1120. The van der Waals surface area contributed by atoms with Crippen LogP contribution < -0.4 is 11.2 Å². The van der Waals surface area contributed by atoms with Crippen molar-refractivity contribution in [1.29, 1.82) is 0 Å². The predicted octanol–water partition coefficient (Wildman–Crippen LogP) is 0.908. The predicted molar refractivity (Wildman–Crippen MR) is 96.4 cm³/mol. The third kappa shape index (κ3) is 2.83. The molecular formula is C18H20N4O4. The third-order valence-electron chi connectivity index (χ3n) is 4.61. The molecule has 3 rings (SSSR count). The molecule has 26 heavy (non-hydrogen) atoms. The molecule has 3 aromatic rings. The molecule has 0 N–H and O–H groups in total. The van der Waals surface area contributed by atoms with Crippen molar-refractivity contribution in [3.05, 3.63) is 62.1 Å². The maximum atomic E-state index is 12.4. The average molecular weight is 356 g/mol.